The molecule has 0 saturated carbocycles. The third kappa shape index (κ3) is 3.91. The third-order valence-corrected chi connectivity index (χ3v) is 4.68. The number of rotatable bonds is 5. The van der Waals surface area contributed by atoms with Crippen LogP contribution >= 0.6 is 15.9 Å². The van der Waals surface area contributed by atoms with Gasteiger partial charge in [0.1, 0.15) is 16.5 Å². The number of carbonyl (C=O) groups excluding carboxylic acids is 2. The topological polar surface area (TPSA) is 78.5 Å². The first-order valence-electron chi connectivity index (χ1n) is 8.27. The fourth-order valence-electron chi connectivity index (χ4n) is 3.20. The molecular weight excluding hydrogens is 376 g/mol. The van der Waals surface area contributed by atoms with Gasteiger partial charge in [-0.3, -0.25) is 9.69 Å². The van der Waals surface area contributed by atoms with Crippen LogP contribution < -0.4 is 0 Å². The van der Waals surface area contributed by atoms with Crippen molar-refractivity contribution in [2.24, 2.45) is 5.92 Å². The number of carbonyl (C=O) groups is 2. The van der Waals surface area contributed by atoms with Crippen LogP contribution in [0.15, 0.2) is 10.8 Å². The van der Waals surface area contributed by atoms with Crippen LogP contribution in [-0.2, 0) is 9.53 Å². The van der Waals surface area contributed by atoms with Gasteiger partial charge in [-0.25, -0.2) is 9.78 Å². The molecule has 0 spiro atoms. The lowest BCUT2D eigenvalue weighted by Gasteiger charge is -2.34. The molecule has 0 aromatic carbocycles. The molecule has 2 heterocycles. The number of hydrogen-bond acceptors (Lipinski definition) is 4. The number of H-pyrrole nitrogens is 1. The zero-order chi connectivity index (χ0) is 17.9. The molecule has 134 valence electrons. The van der Waals surface area contributed by atoms with Crippen LogP contribution in [0, 0.1) is 5.92 Å². The van der Waals surface area contributed by atoms with Crippen molar-refractivity contribution in [1.29, 1.82) is 0 Å². The monoisotopic (exact) mass is 400 g/mol. The Morgan fingerprint density at radius 3 is 2.79 bits per heavy atom. The van der Waals surface area contributed by atoms with Crippen LogP contribution in [-0.4, -0.2) is 58.0 Å². The summed E-state index contributed by atoms with van der Waals surface area (Å²) in [6.07, 6.45) is 3.00. The van der Waals surface area contributed by atoms with Gasteiger partial charge in [-0.2, -0.15) is 0 Å². The first-order chi connectivity index (χ1) is 11.4. The highest BCUT2D eigenvalue weighted by molar-refractivity contribution is 9.10. The SMILES string of the molecule is CCOC(=O)N(C)[C@H](C(=O)N1CCC[C@H]1c1ncc(Br)[nH]1)C(C)C. The number of likely N-dealkylation sites (N-methyl/N-ethyl adjacent to an activating group) is 1. The van der Waals surface area contributed by atoms with Crippen LogP contribution in [0.1, 0.15) is 45.5 Å². The van der Waals surface area contributed by atoms with E-state index in [1.54, 1.807) is 20.2 Å². The van der Waals surface area contributed by atoms with Crippen molar-refractivity contribution in [2.45, 2.75) is 45.7 Å². The number of hydrogen-bond donors (Lipinski definition) is 1. The van der Waals surface area contributed by atoms with Crippen molar-refractivity contribution in [3.63, 3.8) is 0 Å². The van der Waals surface area contributed by atoms with Crippen molar-refractivity contribution in [3.8, 4) is 0 Å². The fourth-order valence-corrected chi connectivity index (χ4v) is 3.51. The lowest BCUT2D eigenvalue weighted by Crippen LogP contribution is -2.52. The number of halogens is 1. The van der Waals surface area contributed by atoms with Crippen molar-refractivity contribution in [1.82, 2.24) is 19.8 Å². The van der Waals surface area contributed by atoms with Crippen LogP contribution in [0.3, 0.4) is 0 Å². The number of nitrogens with zero attached hydrogens (tertiary/aromatic N) is 3. The second-order valence-corrected chi connectivity index (χ2v) is 7.16. The zero-order valence-electron chi connectivity index (χ0n) is 14.6. The summed E-state index contributed by atoms with van der Waals surface area (Å²) in [6.45, 7) is 6.58. The fraction of sp³-hybridized carbons (Fsp3) is 0.688. The molecule has 1 aliphatic rings. The Morgan fingerprint density at radius 2 is 2.25 bits per heavy atom. The Labute approximate surface area is 150 Å². The molecule has 0 radical (unpaired) electrons. The second kappa shape index (κ2) is 8.00. The average Bonchev–Trinajstić information content (AvgIpc) is 3.15. The van der Waals surface area contributed by atoms with E-state index in [4.69, 9.17) is 4.74 Å². The van der Waals surface area contributed by atoms with E-state index in [0.29, 0.717) is 6.54 Å². The predicted octanol–water partition coefficient (Wildman–Crippen LogP) is 2.95. The number of aromatic amines is 1. The highest BCUT2D eigenvalue weighted by Crippen LogP contribution is 2.32. The molecule has 7 nitrogen and oxygen atoms in total. The number of aromatic nitrogens is 2. The molecule has 0 unspecified atom stereocenters. The van der Waals surface area contributed by atoms with Gasteiger partial charge in [-0.05, 0) is 41.6 Å². The van der Waals surface area contributed by atoms with Crippen LogP contribution in [0.4, 0.5) is 4.79 Å². The van der Waals surface area contributed by atoms with Gasteiger partial charge in [0.05, 0.1) is 18.8 Å². The summed E-state index contributed by atoms with van der Waals surface area (Å²) >= 11 is 3.36. The van der Waals surface area contributed by atoms with E-state index in [2.05, 4.69) is 25.9 Å². The summed E-state index contributed by atoms with van der Waals surface area (Å²) in [5.74, 6) is 0.695. The summed E-state index contributed by atoms with van der Waals surface area (Å²) in [5, 5.41) is 0. The van der Waals surface area contributed by atoms with Crippen LogP contribution in [0.2, 0.25) is 0 Å². The molecule has 1 aromatic rings. The molecule has 24 heavy (non-hydrogen) atoms. The molecule has 1 N–H and O–H groups in total. The van der Waals surface area contributed by atoms with Gasteiger partial charge < -0.3 is 14.6 Å². The Balaban J connectivity index is 2.20. The smallest absolute Gasteiger partial charge is 0.410 e. The molecular formula is C16H25BrN4O3. The molecule has 2 rings (SSSR count). The molecule has 2 amide bonds. The summed E-state index contributed by atoms with van der Waals surface area (Å²) in [6, 6.07) is -0.635. The molecule has 1 saturated heterocycles. The van der Waals surface area contributed by atoms with E-state index >= 15 is 0 Å². The predicted molar refractivity (Wildman–Crippen MR) is 93.4 cm³/mol. The molecule has 1 aliphatic heterocycles. The van der Waals surface area contributed by atoms with E-state index in [1.807, 2.05) is 18.7 Å². The standard InChI is InChI=1S/C16H25BrN4O3/c1-5-24-16(23)20(4)13(10(2)3)15(22)21-8-6-7-11(21)14-18-9-12(17)19-14/h9-11,13H,5-8H2,1-4H3,(H,18,19)/t11-,13-/m0/s1. The molecule has 1 fully saturated rings. The van der Waals surface area contributed by atoms with Gasteiger partial charge >= 0.3 is 6.09 Å². The van der Waals surface area contributed by atoms with Crippen molar-refractivity contribution < 1.29 is 14.3 Å². The quantitative estimate of drug-likeness (QED) is 0.823. The minimum absolute atomic E-state index is 0.0171. The van der Waals surface area contributed by atoms with Crippen molar-refractivity contribution in [2.75, 3.05) is 20.2 Å². The maximum absolute atomic E-state index is 13.2. The number of nitrogens with one attached hydrogen (secondary N) is 1. The highest BCUT2D eigenvalue weighted by Gasteiger charge is 2.39. The number of imidazole rings is 1. The summed E-state index contributed by atoms with van der Waals surface area (Å²) in [4.78, 5) is 35.9. The zero-order valence-corrected chi connectivity index (χ0v) is 16.2. The minimum atomic E-state index is -0.553. The maximum atomic E-state index is 13.2. The van der Waals surface area contributed by atoms with E-state index in [0.717, 1.165) is 23.3 Å². The lowest BCUT2D eigenvalue weighted by molar-refractivity contribution is -0.138. The van der Waals surface area contributed by atoms with E-state index < -0.39 is 12.1 Å². The van der Waals surface area contributed by atoms with Gasteiger partial charge in [0, 0.05) is 13.6 Å². The highest BCUT2D eigenvalue weighted by atomic mass is 79.9. The van der Waals surface area contributed by atoms with Gasteiger partial charge in [0.25, 0.3) is 0 Å². The Kier molecular flexibility index (Phi) is 6.26. The van der Waals surface area contributed by atoms with Crippen LogP contribution in [0.25, 0.3) is 0 Å². The molecule has 8 heteroatoms. The van der Waals surface area contributed by atoms with Gasteiger partial charge in [0.2, 0.25) is 5.91 Å². The normalized spacial score (nSPS) is 18.8. The van der Waals surface area contributed by atoms with Gasteiger partial charge in [0.15, 0.2) is 0 Å². The number of amides is 2. The van der Waals surface area contributed by atoms with Crippen molar-refractivity contribution in [3.05, 3.63) is 16.6 Å². The second-order valence-electron chi connectivity index (χ2n) is 6.30. The molecule has 0 aliphatic carbocycles. The van der Waals surface area contributed by atoms with Gasteiger partial charge in [-0.1, -0.05) is 13.8 Å². The number of likely N-dealkylation sites (tertiary alicyclic amines) is 1. The average molecular weight is 401 g/mol. The molecule has 2 atom stereocenters. The molecule has 1 aromatic heterocycles. The van der Waals surface area contributed by atoms with E-state index in [9.17, 15) is 9.59 Å². The largest absolute Gasteiger partial charge is 0.450 e. The Hall–Kier alpha value is -1.57. The Morgan fingerprint density at radius 1 is 1.54 bits per heavy atom. The van der Waals surface area contributed by atoms with E-state index in [1.165, 1.54) is 4.90 Å². The van der Waals surface area contributed by atoms with Crippen LogP contribution in [0.5, 0.6) is 0 Å². The third-order valence-electron chi connectivity index (χ3n) is 4.27. The number of ether oxygens (including phenoxy) is 1. The Bertz CT molecular complexity index is 590. The van der Waals surface area contributed by atoms with E-state index in [-0.39, 0.29) is 24.5 Å². The maximum Gasteiger partial charge on any atom is 0.410 e. The summed E-state index contributed by atoms with van der Waals surface area (Å²) in [5.41, 5.74) is 0. The minimum Gasteiger partial charge on any atom is -0.450 e. The molecule has 0 bridgehead atoms. The summed E-state index contributed by atoms with van der Waals surface area (Å²) < 4.78 is 5.85. The summed E-state index contributed by atoms with van der Waals surface area (Å²) in [7, 11) is 1.62. The lowest BCUT2D eigenvalue weighted by atomic mass is 10.0. The van der Waals surface area contributed by atoms with Crippen molar-refractivity contribution >= 4 is 27.9 Å². The first kappa shape index (κ1) is 18.8. The van der Waals surface area contributed by atoms with Gasteiger partial charge in [-0.15, -0.1) is 0 Å². The first-order valence-corrected chi connectivity index (χ1v) is 9.06.